The van der Waals surface area contributed by atoms with Crippen molar-refractivity contribution < 1.29 is 4.79 Å². The van der Waals surface area contributed by atoms with E-state index >= 15 is 0 Å². The molecule has 1 amide bonds. The fourth-order valence-electron chi connectivity index (χ4n) is 3.01. The van der Waals surface area contributed by atoms with E-state index in [9.17, 15) is 4.79 Å². The number of nitrogens with one attached hydrogen (secondary N) is 2. The topological polar surface area (TPSA) is 58.4 Å². The summed E-state index contributed by atoms with van der Waals surface area (Å²) in [5.41, 5.74) is 1.89. The average Bonchev–Trinajstić information content (AvgIpc) is 2.98. The Bertz CT molecular complexity index is 756. The van der Waals surface area contributed by atoms with Gasteiger partial charge in [-0.1, -0.05) is 17.8 Å². The van der Waals surface area contributed by atoms with Gasteiger partial charge in [0, 0.05) is 6.54 Å². The van der Waals surface area contributed by atoms with Gasteiger partial charge in [0.1, 0.15) is 5.65 Å². The number of imidazole rings is 1. The summed E-state index contributed by atoms with van der Waals surface area (Å²) in [6, 6.07) is 5.98. The largest absolute Gasteiger partial charge is 0.351 e. The van der Waals surface area contributed by atoms with Crippen LogP contribution in [0.4, 0.5) is 0 Å². The summed E-state index contributed by atoms with van der Waals surface area (Å²) in [7, 11) is 0. The van der Waals surface area contributed by atoms with Gasteiger partial charge in [0.05, 0.1) is 21.8 Å². The van der Waals surface area contributed by atoms with Crippen LogP contribution in [0.25, 0.3) is 11.7 Å². The number of rotatable bonds is 3. The van der Waals surface area contributed by atoms with Gasteiger partial charge in [0.2, 0.25) is 0 Å². The number of piperidine rings is 1. The molecule has 0 aromatic carbocycles. The Hall–Kier alpha value is -1.21. The zero-order chi connectivity index (χ0) is 14.9. The van der Waals surface area contributed by atoms with Crippen LogP contribution in [-0.2, 0) is 4.79 Å². The lowest BCUT2D eigenvalue weighted by Gasteiger charge is -2.23. The Morgan fingerprint density at radius 1 is 1.33 bits per heavy atom. The molecule has 0 spiro atoms. The maximum absolute atomic E-state index is 12.4. The van der Waals surface area contributed by atoms with Crippen molar-refractivity contribution in [1.82, 2.24) is 20.0 Å². The minimum atomic E-state index is 0. The predicted molar refractivity (Wildman–Crippen MR) is 102 cm³/mol. The normalized spacial score (nSPS) is 16.8. The second-order valence-electron chi connectivity index (χ2n) is 5.75. The van der Waals surface area contributed by atoms with Gasteiger partial charge in [0.25, 0.3) is 5.91 Å². The van der Waals surface area contributed by atoms with Crippen LogP contribution in [0.5, 0.6) is 0 Å². The predicted octanol–water partition coefficient (Wildman–Crippen LogP) is 2.74. The first-order valence-electron chi connectivity index (χ1n) is 7.66. The molecule has 8 heteroatoms. The zero-order valence-corrected chi connectivity index (χ0v) is 15.5. The molecule has 5 nitrogen and oxygen atoms in total. The van der Waals surface area contributed by atoms with E-state index in [1.54, 1.807) is 0 Å². The molecule has 2 aliphatic rings. The molecular weight excluding hydrogens is 367 g/mol. The molecule has 2 N–H and O–H groups in total. The van der Waals surface area contributed by atoms with Gasteiger partial charge in [0.15, 0.2) is 0 Å². The molecule has 0 aliphatic carbocycles. The number of amides is 1. The van der Waals surface area contributed by atoms with Gasteiger partial charge in [-0.2, -0.15) is 0 Å². The molecule has 130 valence electrons. The third-order valence-electron chi connectivity index (χ3n) is 4.25. The van der Waals surface area contributed by atoms with E-state index in [1.165, 1.54) is 11.8 Å². The van der Waals surface area contributed by atoms with Crippen molar-refractivity contribution in [3.63, 3.8) is 0 Å². The molecule has 1 fully saturated rings. The van der Waals surface area contributed by atoms with Gasteiger partial charge in [-0.05, 0) is 50.1 Å². The van der Waals surface area contributed by atoms with Crippen molar-refractivity contribution in [3.8, 4) is 0 Å². The summed E-state index contributed by atoms with van der Waals surface area (Å²) in [4.78, 5) is 17.6. The van der Waals surface area contributed by atoms with Crippen LogP contribution >= 0.6 is 36.6 Å². The fourth-order valence-corrected chi connectivity index (χ4v) is 4.02. The molecular formula is C16H20Cl2N4OS. The molecule has 0 radical (unpaired) electrons. The van der Waals surface area contributed by atoms with Crippen LogP contribution in [0, 0.1) is 5.92 Å². The lowest BCUT2D eigenvalue weighted by atomic mass is 9.98. The van der Waals surface area contributed by atoms with Gasteiger partial charge in [-0.25, -0.2) is 4.98 Å². The van der Waals surface area contributed by atoms with Crippen molar-refractivity contribution in [2.45, 2.75) is 17.9 Å². The molecule has 2 aromatic rings. The lowest BCUT2D eigenvalue weighted by Crippen LogP contribution is -2.36. The maximum atomic E-state index is 12.4. The van der Waals surface area contributed by atoms with Gasteiger partial charge in [-0.3, -0.25) is 9.20 Å². The van der Waals surface area contributed by atoms with Crippen LogP contribution in [0.15, 0.2) is 34.3 Å². The molecule has 4 heterocycles. The highest BCUT2D eigenvalue weighted by Crippen LogP contribution is 2.34. The summed E-state index contributed by atoms with van der Waals surface area (Å²) in [6.45, 7) is 2.88. The summed E-state index contributed by atoms with van der Waals surface area (Å²) in [6.07, 6.45) is 6.02. The van der Waals surface area contributed by atoms with Crippen molar-refractivity contribution in [3.05, 3.63) is 35.0 Å². The summed E-state index contributed by atoms with van der Waals surface area (Å²) in [5, 5.41) is 7.48. The van der Waals surface area contributed by atoms with E-state index in [-0.39, 0.29) is 30.7 Å². The van der Waals surface area contributed by atoms with Crippen molar-refractivity contribution in [2.24, 2.45) is 5.92 Å². The zero-order valence-electron chi connectivity index (χ0n) is 13.0. The Balaban J connectivity index is 0.00000104. The molecule has 24 heavy (non-hydrogen) atoms. The minimum absolute atomic E-state index is 0. The van der Waals surface area contributed by atoms with Crippen molar-refractivity contribution >= 4 is 54.2 Å². The third kappa shape index (κ3) is 3.72. The number of thioether (sulfide) groups is 1. The number of pyridine rings is 1. The maximum Gasteiger partial charge on any atom is 0.258 e. The third-order valence-corrected chi connectivity index (χ3v) is 5.30. The quantitative estimate of drug-likeness (QED) is 0.851. The lowest BCUT2D eigenvalue weighted by molar-refractivity contribution is -0.116. The van der Waals surface area contributed by atoms with Crippen LogP contribution in [0.1, 0.15) is 18.5 Å². The number of hydrogen-bond acceptors (Lipinski definition) is 4. The molecule has 1 saturated heterocycles. The van der Waals surface area contributed by atoms with E-state index in [4.69, 9.17) is 0 Å². The number of nitrogens with zero attached hydrogens (tertiary/aromatic N) is 2. The second kappa shape index (κ2) is 8.25. The molecule has 0 saturated carbocycles. The minimum Gasteiger partial charge on any atom is -0.351 e. The van der Waals surface area contributed by atoms with Crippen LogP contribution < -0.4 is 10.6 Å². The number of carbonyl (C=O) groups excluding carboxylic acids is 1. The smallest absolute Gasteiger partial charge is 0.258 e. The van der Waals surface area contributed by atoms with E-state index < -0.39 is 0 Å². The first-order valence-corrected chi connectivity index (χ1v) is 8.48. The SMILES string of the molecule is Cl.Cl.O=C(NCC1CCNCC1)C1=Cc2cnc3cccc(n23)S1. The van der Waals surface area contributed by atoms with Crippen LogP contribution in [0.3, 0.4) is 0 Å². The highest BCUT2D eigenvalue weighted by Gasteiger charge is 2.21. The van der Waals surface area contributed by atoms with Crippen LogP contribution in [0.2, 0.25) is 0 Å². The Morgan fingerprint density at radius 3 is 2.92 bits per heavy atom. The van der Waals surface area contributed by atoms with Gasteiger partial charge in [-0.15, -0.1) is 24.8 Å². The van der Waals surface area contributed by atoms with E-state index in [0.717, 1.165) is 53.7 Å². The second-order valence-corrected chi connectivity index (χ2v) is 6.82. The molecule has 0 atom stereocenters. The Morgan fingerprint density at radius 2 is 2.12 bits per heavy atom. The number of halogens is 2. The summed E-state index contributed by atoms with van der Waals surface area (Å²) in [5.74, 6) is 0.612. The number of carbonyl (C=O) groups is 1. The molecule has 0 bridgehead atoms. The molecule has 2 aromatic heterocycles. The van der Waals surface area contributed by atoms with E-state index in [2.05, 4.69) is 20.0 Å². The average molecular weight is 387 g/mol. The van der Waals surface area contributed by atoms with E-state index in [1.807, 2.05) is 30.5 Å². The standard InChI is InChI=1S/C16H18N4OS.2ClH/c21-16(19-9-11-4-6-17-7-5-11)13-8-12-10-18-14-2-1-3-15(22-13)20(12)14;;/h1-3,8,10-11,17H,4-7,9H2,(H,19,21);2*1H. The van der Waals surface area contributed by atoms with Gasteiger partial charge < -0.3 is 10.6 Å². The van der Waals surface area contributed by atoms with E-state index in [0.29, 0.717) is 5.92 Å². The van der Waals surface area contributed by atoms with Crippen molar-refractivity contribution in [1.29, 1.82) is 0 Å². The summed E-state index contributed by atoms with van der Waals surface area (Å²) < 4.78 is 2.08. The van der Waals surface area contributed by atoms with Crippen molar-refractivity contribution in [2.75, 3.05) is 19.6 Å². The highest BCUT2D eigenvalue weighted by molar-refractivity contribution is 8.04. The highest BCUT2D eigenvalue weighted by atomic mass is 35.5. The van der Waals surface area contributed by atoms with Gasteiger partial charge >= 0.3 is 0 Å². The molecule has 2 aliphatic heterocycles. The number of hydrogen-bond donors (Lipinski definition) is 2. The molecule has 0 unspecified atom stereocenters. The Kier molecular flexibility index (Phi) is 6.57. The summed E-state index contributed by atoms with van der Waals surface area (Å²) >= 11 is 1.51. The number of aromatic nitrogens is 2. The first kappa shape index (κ1) is 19.1. The van der Waals surface area contributed by atoms with Crippen LogP contribution in [-0.4, -0.2) is 34.9 Å². The Labute approximate surface area is 157 Å². The monoisotopic (exact) mass is 386 g/mol. The molecule has 4 rings (SSSR count). The first-order chi connectivity index (χ1) is 10.8. The fraction of sp³-hybridized carbons (Fsp3) is 0.375.